The van der Waals surface area contributed by atoms with Gasteiger partial charge in [-0.1, -0.05) is 29.4 Å². The number of carbonyl (C=O) groups excluding carboxylic acids is 3. The van der Waals surface area contributed by atoms with Gasteiger partial charge in [-0.25, -0.2) is 4.79 Å². The Labute approximate surface area is 166 Å². The highest BCUT2D eigenvalue weighted by molar-refractivity contribution is 5.95. The van der Waals surface area contributed by atoms with Crippen molar-refractivity contribution >= 4 is 23.7 Å². The lowest BCUT2D eigenvalue weighted by Gasteiger charge is -2.07. The summed E-state index contributed by atoms with van der Waals surface area (Å²) in [6.07, 6.45) is 0. The lowest BCUT2D eigenvalue weighted by Crippen LogP contribution is -2.20. The van der Waals surface area contributed by atoms with Crippen molar-refractivity contribution in [2.75, 3.05) is 11.9 Å². The molecule has 1 aromatic heterocycles. The third kappa shape index (κ3) is 5.52. The van der Waals surface area contributed by atoms with E-state index in [9.17, 15) is 14.4 Å². The second kappa shape index (κ2) is 8.83. The Hall–Kier alpha value is -3.94. The number of hydrogen-bond acceptors (Lipinski definition) is 7. The number of esters is 2. The van der Waals surface area contributed by atoms with E-state index < -0.39 is 18.5 Å². The van der Waals surface area contributed by atoms with E-state index in [1.54, 1.807) is 61.5 Å². The Morgan fingerprint density at radius 3 is 2.17 bits per heavy atom. The number of rotatable bonds is 6. The molecular weight excluding hydrogens is 376 g/mol. The molecule has 0 aliphatic carbocycles. The molecule has 0 aliphatic rings. The van der Waals surface area contributed by atoms with Gasteiger partial charge >= 0.3 is 11.9 Å². The molecule has 1 N–H and O–H groups in total. The second-order valence-electron chi connectivity index (χ2n) is 6.15. The van der Waals surface area contributed by atoms with Gasteiger partial charge in [0.2, 0.25) is 5.88 Å². The average molecular weight is 394 g/mol. The van der Waals surface area contributed by atoms with E-state index in [0.717, 1.165) is 11.1 Å². The first kappa shape index (κ1) is 19.8. The minimum Gasteiger partial charge on any atom is -0.452 e. The summed E-state index contributed by atoms with van der Waals surface area (Å²) in [7, 11) is 0. The number of nitrogens with one attached hydrogen (secondary N) is 1. The summed E-state index contributed by atoms with van der Waals surface area (Å²) in [6.45, 7) is 2.61. The van der Waals surface area contributed by atoms with Crippen molar-refractivity contribution in [1.82, 2.24) is 5.16 Å². The Balaban J connectivity index is 1.55. The highest BCUT2D eigenvalue weighted by Crippen LogP contribution is 2.23. The first-order valence-corrected chi connectivity index (χ1v) is 8.70. The third-order valence-corrected chi connectivity index (χ3v) is 3.79. The van der Waals surface area contributed by atoms with Crippen LogP contribution in [0.3, 0.4) is 0 Å². The van der Waals surface area contributed by atoms with Crippen molar-refractivity contribution in [3.8, 4) is 16.9 Å². The second-order valence-corrected chi connectivity index (χ2v) is 6.15. The Kier molecular flexibility index (Phi) is 6.03. The molecule has 1 amide bonds. The molecule has 0 bridgehead atoms. The summed E-state index contributed by atoms with van der Waals surface area (Å²) in [4.78, 5) is 34.9. The molecule has 3 rings (SSSR count). The van der Waals surface area contributed by atoms with Gasteiger partial charge < -0.3 is 14.0 Å². The maximum Gasteiger partial charge on any atom is 0.338 e. The zero-order valence-corrected chi connectivity index (χ0v) is 15.8. The Morgan fingerprint density at radius 2 is 1.62 bits per heavy atom. The highest BCUT2D eigenvalue weighted by atomic mass is 16.5. The zero-order chi connectivity index (χ0) is 20.8. The van der Waals surface area contributed by atoms with Crippen LogP contribution < -0.4 is 10.1 Å². The van der Waals surface area contributed by atoms with Crippen molar-refractivity contribution in [3.63, 3.8) is 0 Å². The molecule has 0 saturated heterocycles. The van der Waals surface area contributed by atoms with Gasteiger partial charge in [-0.2, -0.15) is 0 Å². The van der Waals surface area contributed by atoms with Crippen molar-refractivity contribution < 1.29 is 28.4 Å². The molecule has 8 nitrogen and oxygen atoms in total. The summed E-state index contributed by atoms with van der Waals surface area (Å²) < 4.78 is 14.9. The number of ether oxygens (including phenoxy) is 2. The number of benzene rings is 2. The molecule has 0 radical (unpaired) electrons. The van der Waals surface area contributed by atoms with Gasteiger partial charge in [-0.15, -0.1) is 0 Å². The summed E-state index contributed by atoms with van der Waals surface area (Å²) in [6, 6.07) is 15.3. The van der Waals surface area contributed by atoms with E-state index in [2.05, 4.69) is 10.5 Å². The lowest BCUT2D eigenvalue weighted by atomic mass is 10.0. The van der Waals surface area contributed by atoms with Crippen molar-refractivity contribution in [2.24, 2.45) is 0 Å². The van der Waals surface area contributed by atoms with Crippen LogP contribution in [0.25, 0.3) is 11.1 Å². The average Bonchev–Trinajstić information content (AvgIpc) is 3.11. The number of aryl methyl sites for hydroxylation is 1. The minimum atomic E-state index is -0.620. The van der Waals surface area contributed by atoms with Gasteiger partial charge in [0.05, 0.1) is 11.3 Å². The fraction of sp³-hybridized carbons (Fsp3) is 0.143. The molecule has 0 atom stereocenters. The minimum absolute atomic E-state index is 0.188. The SMILES string of the molecule is CC(=O)Oc1ccc(-c2ccc(C(=O)OCC(=O)Nc3cc(C)no3)cc2)cc1. The maximum absolute atomic E-state index is 12.1. The van der Waals surface area contributed by atoms with E-state index in [1.807, 2.05) is 0 Å². The molecule has 1 heterocycles. The number of aromatic nitrogens is 1. The third-order valence-electron chi connectivity index (χ3n) is 3.79. The number of amides is 1. The largest absolute Gasteiger partial charge is 0.452 e. The van der Waals surface area contributed by atoms with Crippen LogP contribution in [-0.2, 0) is 14.3 Å². The van der Waals surface area contributed by atoms with Crippen LogP contribution in [0, 0.1) is 6.92 Å². The normalized spacial score (nSPS) is 10.3. The monoisotopic (exact) mass is 394 g/mol. The highest BCUT2D eigenvalue weighted by Gasteiger charge is 2.12. The summed E-state index contributed by atoms with van der Waals surface area (Å²) >= 11 is 0. The van der Waals surface area contributed by atoms with E-state index in [4.69, 9.17) is 14.0 Å². The fourth-order valence-corrected chi connectivity index (χ4v) is 2.49. The number of carbonyl (C=O) groups is 3. The number of hydrogen-bond donors (Lipinski definition) is 1. The van der Waals surface area contributed by atoms with Crippen LogP contribution in [0.15, 0.2) is 59.1 Å². The molecule has 29 heavy (non-hydrogen) atoms. The summed E-state index contributed by atoms with van der Waals surface area (Å²) in [5.74, 6) is -0.886. The maximum atomic E-state index is 12.1. The van der Waals surface area contributed by atoms with Crippen LogP contribution >= 0.6 is 0 Å². The molecule has 0 fully saturated rings. The van der Waals surface area contributed by atoms with E-state index in [-0.39, 0.29) is 11.9 Å². The standard InChI is InChI=1S/C21H18N2O6/c1-13-11-20(29-23-13)22-19(25)12-27-21(26)17-5-3-15(4-6-17)16-7-9-18(10-8-16)28-14(2)24/h3-11H,12H2,1-2H3,(H,22,25). The molecule has 0 saturated carbocycles. The van der Waals surface area contributed by atoms with Crippen molar-refractivity contribution in [3.05, 3.63) is 65.9 Å². The van der Waals surface area contributed by atoms with Gasteiger partial charge in [0, 0.05) is 13.0 Å². The van der Waals surface area contributed by atoms with Gasteiger partial charge in [-0.05, 0) is 42.3 Å². The topological polar surface area (TPSA) is 108 Å². The first-order valence-electron chi connectivity index (χ1n) is 8.70. The fourth-order valence-electron chi connectivity index (χ4n) is 2.49. The Morgan fingerprint density at radius 1 is 1.00 bits per heavy atom. The molecule has 0 unspecified atom stereocenters. The molecule has 8 heteroatoms. The molecule has 3 aromatic rings. The van der Waals surface area contributed by atoms with E-state index in [0.29, 0.717) is 17.0 Å². The first-order chi connectivity index (χ1) is 13.9. The molecule has 2 aromatic carbocycles. The molecule has 0 spiro atoms. The summed E-state index contributed by atoms with van der Waals surface area (Å²) in [5, 5.41) is 6.08. The Bertz CT molecular complexity index is 1020. The summed E-state index contributed by atoms with van der Waals surface area (Å²) in [5.41, 5.74) is 2.70. The van der Waals surface area contributed by atoms with Crippen LogP contribution in [-0.4, -0.2) is 29.6 Å². The zero-order valence-electron chi connectivity index (χ0n) is 15.8. The van der Waals surface area contributed by atoms with Crippen LogP contribution in [0.5, 0.6) is 5.75 Å². The van der Waals surface area contributed by atoms with E-state index >= 15 is 0 Å². The predicted molar refractivity (Wildman–Crippen MR) is 103 cm³/mol. The van der Waals surface area contributed by atoms with Crippen LogP contribution in [0.4, 0.5) is 5.88 Å². The molecular formula is C21H18N2O6. The van der Waals surface area contributed by atoms with E-state index in [1.165, 1.54) is 6.92 Å². The van der Waals surface area contributed by atoms with Crippen molar-refractivity contribution in [1.29, 1.82) is 0 Å². The molecule has 148 valence electrons. The predicted octanol–water partition coefficient (Wildman–Crippen LogP) is 3.37. The van der Waals surface area contributed by atoms with Gasteiger partial charge in [0.15, 0.2) is 6.61 Å². The number of anilines is 1. The van der Waals surface area contributed by atoms with Crippen LogP contribution in [0.1, 0.15) is 23.0 Å². The lowest BCUT2D eigenvalue weighted by molar-refractivity contribution is -0.131. The van der Waals surface area contributed by atoms with Crippen molar-refractivity contribution in [2.45, 2.75) is 13.8 Å². The van der Waals surface area contributed by atoms with Gasteiger partial charge in [0.25, 0.3) is 5.91 Å². The van der Waals surface area contributed by atoms with Crippen LogP contribution in [0.2, 0.25) is 0 Å². The smallest absolute Gasteiger partial charge is 0.338 e. The molecule has 0 aliphatic heterocycles. The number of nitrogens with zero attached hydrogens (tertiary/aromatic N) is 1. The van der Waals surface area contributed by atoms with Gasteiger partial charge in [-0.3, -0.25) is 14.9 Å². The van der Waals surface area contributed by atoms with Gasteiger partial charge in [0.1, 0.15) is 5.75 Å². The quantitative estimate of drug-likeness (QED) is 0.504.